The zero-order valence-electron chi connectivity index (χ0n) is 6.58. The van der Waals surface area contributed by atoms with Crippen LogP contribution in [-0.4, -0.2) is 11.7 Å². The van der Waals surface area contributed by atoms with E-state index in [1.807, 2.05) is 0 Å². The maximum Gasteiger partial charge on any atom is 0.321 e. The van der Waals surface area contributed by atoms with Crippen molar-refractivity contribution in [3.8, 4) is 0 Å². The molecule has 3 nitrogen and oxygen atoms in total. The molecule has 0 saturated carbocycles. The van der Waals surface area contributed by atoms with Crippen LogP contribution >= 0.6 is 11.6 Å². The van der Waals surface area contributed by atoms with Crippen LogP contribution in [0, 0.1) is 0 Å². The van der Waals surface area contributed by atoms with Crippen molar-refractivity contribution >= 4 is 23.1 Å². The highest BCUT2D eigenvalue weighted by molar-refractivity contribution is 6.38. The number of hydrogen-bond acceptors (Lipinski definition) is 3. The molecular formula is C8H9ClO3. The predicted octanol–water partition coefficient (Wildman–Crippen LogP) is 0.917. The molecule has 0 bridgehead atoms. The average molecular weight is 189 g/mol. The van der Waals surface area contributed by atoms with Gasteiger partial charge >= 0.3 is 5.95 Å². The molecule has 1 N–H and O–H groups in total. The van der Waals surface area contributed by atoms with Crippen molar-refractivity contribution in [1.29, 1.82) is 0 Å². The van der Waals surface area contributed by atoms with Crippen LogP contribution in [0.25, 0.3) is 11.5 Å². The fourth-order valence-electron chi connectivity index (χ4n) is 0.734. The molecule has 66 valence electrons. The molecule has 0 unspecified atom stereocenters. The predicted molar refractivity (Wildman–Crippen MR) is 45.9 cm³/mol. The Morgan fingerprint density at radius 2 is 2.50 bits per heavy atom. The Morgan fingerprint density at radius 3 is 3.00 bits per heavy atom. The van der Waals surface area contributed by atoms with Gasteiger partial charge in [-0.2, -0.15) is 0 Å². The molecule has 1 aromatic rings. The second kappa shape index (κ2) is 4.07. The summed E-state index contributed by atoms with van der Waals surface area (Å²) in [5, 5.41) is 9.17. The van der Waals surface area contributed by atoms with E-state index >= 15 is 0 Å². The van der Waals surface area contributed by atoms with Gasteiger partial charge < -0.3 is 14.3 Å². The normalized spacial score (nSPS) is 14.7. The molecule has 0 atom stereocenters. The minimum Gasteiger partial charge on any atom is -0.478 e. The van der Waals surface area contributed by atoms with Gasteiger partial charge in [0.25, 0.3) is 0 Å². The van der Waals surface area contributed by atoms with Crippen molar-refractivity contribution in [3.63, 3.8) is 0 Å². The lowest BCUT2D eigenvalue weighted by Gasteiger charge is -1.96. The van der Waals surface area contributed by atoms with E-state index in [0.717, 1.165) is 0 Å². The SMILES string of the molecule is CCOC(O)=c1ccc(=CCl)o1. The van der Waals surface area contributed by atoms with Crippen LogP contribution in [0.15, 0.2) is 16.5 Å². The first kappa shape index (κ1) is 9.00. The molecule has 1 aromatic heterocycles. The van der Waals surface area contributed by atoms with Crippen LogP contribution in [0.4, 0.5) is 0 Å². The van der Waals surface area contributed by atoms with Crippen LogP contribution in [-0.2, 0) is 4.74 Å². The van der Waals surface area contributed by atoms with Crippen LogP contribution in [0.5, 0.6) is 0 Å². The molecule has 1 rings (SSSR count). The van der Waals surface area contributed by atoms with Crippen LogP contribution in [0.2, 0.25) is 0 Å². The Morgan fingerprint density at radius 1 is 1.75 bits per heavy atom. The van der Waals surface area contributed by atoms with Crippen molar-refractivity contribution in [1.82, 2.24) is 0 Å². The second-order valence-electron chi connectivity index (χ2n) is 2.05. The number of hydrogen-bond donors (Lipinski definition) is 1. The first-order valence-electron chi connectivity index (χ1n) is 3.50. The number of aliphatic hydroxyl groups excluding tert-OH is 1. The summed E-state index contributed by atoms with van der Waals surface area (Å²) in [5.74, 6) is -0.220. The van der Waals surface area contributed by atoms with Gasteiger partial charge in [-0.3, -0.25) is 0 Å². The van der Waals surface area contributed by atoms with Gasteiger partial charge in [-0.05, 0) is 19.1 Å². The smallest absolute Gasteiger partial charge is 0.321 e. The molecule has 0 aromatic carbocycles. The average Bonchev–Trinajstić information content (AvgIpc) is 2.52. The number of ether oxygens (including phenoxy) is 1. The quantitative estimate of drug-likeness (QED) is 0.751. The third-order valence-corrected chi connectivity index (χ3v) is 1.44. The number of rotatable bonds is 2. The minimum atomic E-state index is -0.220. The third-order valence-electron chi connectivity index (χ3n) is 1.23. The molecule has 0 radical (unpaired) electrons. The van der Waals surface area contributed by atoms with Crippen molar-refractivity contribution in [2.75, 3.05) is 6.61 Å². The summed E-state index contributed by atoms with van der Waals surface area (Å²) in [5.41, 5.74) is 2.05. The first-order valence-corrected chi connectivity index (χ1v) is 3.94. The van der Waals surface area contributed by atoms with Crippen LogP contribution < -0.4 is 10.8 Å². The van der Waals surface area contributed by atoms with E-state index in [0.29, 0.717) is 12.0 Å². The third kappa shape index (κ3) is 1.95. The van der Waals surface area contributed by atoms with E-state index < -0.39 is 0 Å². The van der Waals surface area contributed by atoms with Crippen LogP contribution in [0.3, 0.4) is 0 Å². The van der Waals surface area contributed by atoms with Crippen molar-refractivity contribution in [2.24, 2.45) is 0 Å². The monoisotopic (exact) mass is 188 g/mol. The van der Waals surface area contributed by atoms with Crippen LogP contribution in [0.1, 0.15) is 6.92 Å². The zero-order valence-corrected chi connectivity index (χ0v) is 7.34. The van der Waals surface area contributed by atoms with Gasteiger partial charge in [-0.25, -0.2) is 0 Å². The summed E-state index contributed by atoms with van der Waals surface area (Å²) in [7, 11) is 0. The zero-order chi connectivity index (χ0) is 8.97. The largest absolute Gasteiger partial charge is 0.478 e. The van der Waals surface area contributed by atoms with Crippen molar-refractivity contribution < 1.29 is 14.3 Å². The molecule has 1 heterocycles. The first-order chi connectivity index (χ1) is 5.77. The summed E-state index contributed by atoms with van der Waals surface area (Å²) in [6.45, 7) is 2.17. The highest BCUT2D eigenvalue weighted by atomic mass is 35.5. The minimum absolute atomic E-state index is 0.220. The Hall–Kier alpha value is -1.09. The Kier molecular flexibility index (Phi) is 3.05. The molecule has 12 heavy (non-hydrogen) atoms. The Balaban J connectivity index is 3.09. The van der Waals surface area contributed by atoms with E-state index in [1.165, 1.54) is 5.54 Å². The van der Waals surface area contributed by atoms with Gasteiger partial charge in [0.15, 0.2) is 0 Å². The topological polar surface area (TPSA) is 42.6 Å². The molecule has 0 amide bonds. The summed E-state index contributed by atoms with van der Waals surface area (Å²) in [6.07, 6.45) is 0. The lowest BCUT2D eigenvalue weighted by molar-refractivity contribution is 0.181. The standard InChI is InChI=1S/C8H9ClO3/c1-2-11-8(10)7-4-3-6(5-9)12-7/h3-5,10H,2H2,1H3. The highest BCUT2D eigenvalue weighted by Gasteiger charge is 1.96. The fourth-order valence-corrected chi connectivity index (χ4v) is 0.852. The molecule has 0 saturated heterocycles. The molecule has 0 fully saturated rings. The van der Waals surface area contributed by atoms with Gasteiger partial charge in [0.05, 0.1) is 6.61 Å². The fraction of sp³-hybridized carbons (Fsp3) is 0.250. The Labute approximate surface area is 74.5 Å². The Bertz CT molecular complexity index is 353. The van der Waals surface area contributed by atoms with Crippen molar-refractivity contribution in [3.05, 3.63) is 23.0 Å². The van der Waals surface area contributed by atoms with E-state index in [-0.39, 0.29) is 11.4 Å². The highest BCUT2D eigenvalue weighted by Crippen LogP contribution is 1.87. The molecular weight excluding hydrogens is 180 g/mol. The van der Waals surface area contributed by atoms with E-state index in [9.17, 15) is 5.11 Å². The molecule has 0 aliphatic rings. The maximum absolute atomic E-state index is 9.17. The molecule has 0 aliphatic heterocycles. The van der Waals surface area contributed by atoms with E-state index in [1.54, 1.807) is 19.1 Å². The summed E-state index contributed by atoms with van der Waals surface area (Å²) in [6, 6.07) is 3.22. The van der Waals surface area contributed by atoms with Crippen molar-refractivity contribution in [2.45, 2.75) is 6.92 Å². The van der Waals surface area contributed by atoms with Gasteiger partial charge in [0.2, 0.25) is 5.42 Å². The number of aliphatic hydroxyl groups is 1. The molecule has 4 heteroatoms. The summed E-state index contributed by atoms with van der Waals surface area (Å²) >= 11 is 5.37. The molecule has 0 aliphatic carbocycles. The van der Waals surface area contributed by atoms with Gasteiger partial charge in [0, 0.05) is 5.54 Å². The van der Waals surface area contributed by atoms with E-state index in [4.69, 9.17) is 20.8 Å². The number of halogens is 1. The van der Waals surface area contributed by atoms with E-state index in [2.05, 4.69) is 0 Å². The van der Waals surface area contributed by atoms with Gasteiger partial charge in [0.1, 0.15) is 5.42 Å². The number of furan rings is 1. The van der Waals surface area contributed by atoms with Gasteiger partial charge in [-0.1, -0.05) is 11.6 Å². The summed E-state index contributed by atoms with van der Waals surface area (Å²) < 4.78 is 9.85. The second-order valence-corrected chi connectivity index (χ2v) is 2.27. The van der Waals surface area contributed by atoms with Gasteiger partial charge in [-0.15, -0.1) is 0 Å². The molecule has 0 spiro atoms. The lowest BCUT2D eigenvalue weighted by Crippen LogP contribution is -2.06. The summed E-state index contributed by atoms with van der Waals surface area (Å²) in [4.78, 5) is 0. The lowest BCUT2D eigenvalue weighted by atomic mass is 10.6. The maximum atomic E-state index is 9.17.